The highest BCUT2D eigenvalue weighted by Crippen LogP contribution is 2.15. The van der Waals surface area contributed by atoms with Gasteiger partial charge in [0, 0.05) is 6.21 Å². The first-order valence-electron chi connectivity index (χ1n) is 5.25. The van der Waals surface area contributed by atoms with Crippen molar-refractivity contribution in [2.24, 2.45) is 16.8 Å². The van der Waals surface area contributed by atoms with Gasteiger partial charge in [0.2, 0.25) is 0 Å². The van der Waals surface area contributed by atoms with Crippen molar-refractivity contribution in [3.05, 3.63) is 0 Å². The topological polar surface area (TPSA) is 12.4 Å². The van der Waals surface area contributed by atoms with Crippen molar-refractivity contribution in [3.8, 4) is 0 Å². The summed E-state index contributed by atoms with van der Waals surface area (Å²) in [5, 5.41) is 0. The third-order valence-corrected chi connectivity index (χ3v) is 2.56. The second kappa shape index (κ2) is 7.43. The first-order chi connectivity index (χ1) is 6.11. The fourth-order valence-electron chi connectivity index (χ4n) is 1.19. The van der Waals surface area contributed by atoms with Crippen molar-refractivity contribution in [2.45, 2.75) is 46.6 Å². The van der Waals surface area contributed by atoms with Crippen LogP contribution in [0, 0.1) is 11.8 Å². The Morgan fingerprint density at radius 3 is 2.31 bits per heavy atom. The minimum Gasteiger partial charge on any atom is -0.294 e. The Hall–Kier alpha value is 0.0200. The summed E-state index contributed by atoms with van der Waals surface area (Å²) in [5.41, 5.74) is 0. The van der Waals surface area contributed by atoms with Gasteiger partial charge in [-0.05, 0) is 24.0 Å². The number of aliphatic imine (C=N–C) groups is 1. The number of rotatable bonds is 6. The molecule has 2 heteroatoms. The zero-order chi connectivity index (χ0) is 10.3. The molecular formula is C11H23NS. The lowest BCUT2D eigenvalue weighted by atomic mass is 9.97. The third-order valence-electron chi connectivity index (χ3n) is 2.30. The van der Waals surface area contributed by atoms with Crippen LogP contribution in [0.25, 0.3) is 0 Å². The van der Waals surface area contributed by atoms with Crippen molar-refractivity contribution in [2.75, 3.05) is 5.75 Å². The van der Waals surface area contributed by atoms with Crippen LogP contribution in [0.4, 0.5) is 0 Å². The van der Waals surface area contributed by atoms with Gasteiger partial charge in [0.15, 0.2) is 0 Å². The number of hydrogen-bond donors (Lipinski definition) is 1. The molecular weight excluding hydrogens is 178 g/mol. The maximum absolute atomic E-state index is 4.61. The van der Waals surface area contributed by atoms with Crippen molar-refractivity contribution >= 4 is 18.8 Å². The second-order valence-electron chi connectivity index (χ2n) is 4.01. The summed E-state index contributed by atoms with van der Waals surface area (Å²) in [7, 11) is 0. The quantitative estimate of drug-likeness (QED) is 0.499. The normalized spacial score (nSPS) is 16.8. The summed E-state index contributed by atoms with van der Waals surface area (Å²) >= 11 is 4.26. The summed E-state index contributed by atoms with van der Waals surface area (Å²) in [6.07, 6.45) is 4.37. The molecule has 0 aliphatic heterocycles. The maximum atomic E-state index is 4.61. The van der Waals surface area contributed by atoms with E-state index in [9.17, 15) is 0 Å². The van der Waals surface area contributed by atoms with E-state index < -0.39 is 0 Å². The molecule has 2 atom stereocenters. The molecule has 78 valence electrons. The van der Waals surface area contributed by atoms with Gasteiger partial charge in [-0.1, -0.05) is 34.1 Å². The number of thiol groups is 1. The molecule has 0 rings (SSSR count). The van der Waals surface area contributed by atoms with Crippen LogP contribution in [0.5, 0.6) is 0 Å². The zero-order valence-corrected chi connectivity index (χ0v) is 10.2. The lowest BCUT2D eigenvalue weighted by Crippen LogP contribution is -2.16. The van der Waals surface area contributed by atoms with E-state index in [1.54, 1.807) is 0 Å². The predicted molar refractivity (Wildman–Crippen MR) is 65.0 cm³/mol. The minimum absolute atomic E-state index is 0.477. The smallest absolute Gasteiger partial charge is 0.0529 e. The molecule has 0 spiro atoms. The molecule has 0 radical (unpaired) electrons. The van der Waals surface area contributed by atoms with Crippen molar-refractivity contribution < 1.29 is 0 Å². The van der Waals surface area contributed by atoms with Gasteiger partial charge in [0.05, 0.1) is 6.04 Å². The van der Waals surface area contributed by atoms with Gasteiger partial charge >= 0.3 is 0 Å². The Morgan fingerprint density at radius 1 is 1.31 bits per heavy atom. The van der Waals surface area contributed by atoms with E-state index in [4.69, 9.17) is 0 Å². The van der Waals surface area contributed by atoms with Crippen LogP contribution in [0.3, 0.4) is 0 Å². The first kappa shape index (κ1) is 13.0. The summed E-state index contributed by atoms with van der Waals surface area (Å²) in [6.45, 7) is 8.82. The Balaban J connectivity index is 4.08. The summed E-state index contributed by atoms with van der Waals surface area (Å²) < 4.78 is 0. The lowest BCUT2D eigenvalue weighted by Gasteiger charge is -2.18. The zero-order valence-electron chi connectivity index (χ0n) is 9.33. The van der Waals surface area contributed by atoms with Crippen molar-refractivity contribution in [1.29, 1.82) is 0 Å². The summed E-state index contributed by atoms with van der Waals surface area (Å²) in [4.78, 5) is 4.61. The monoisotopic (exact) mass is 201 g/mol. The molecule has 0 saturated carbocycles. The lowest BCUT2D eigenvalue weighted by molar-refractivity contribution is 0.437. The van der Waals surface area contributed by atoms with Gasteiger partial charge < -0.3 is 0 Å². The molecule has 0 heterocycles. The number of hydrogen-bond acceptors (Lipinski definition) is 2. The number of nitrogens with zero attached hydrogens (tertiary/aromatic N) is 1. The van der Waals surface area contributed by atoms with Gasteiger partial charge in [0.25, 0.3) is 0 Å². The van der Waals surface area contributed by atoms with Crippen LogP contribution in [-0.2, 0) is 0 Å². The van der Waals surface area contributed by atoms with Gasteiger partial charge in [-0.25, -0.2) is 0 Å². The molecule has 0 aromatic heterocycles. The Labute approximate surface area is 88.4 Å². The Kier molecular flexibility index (Phi) is 7.44. The molecule has 0 amide bonds. The van der Waals surface area contributed by atoms with E-state index in [-0.39, 0.29) is 0 Å². The standard InChI is InChI=1S/C11H23NS/c1-5-10(4)11(6-7-13)12-8-9(2)3/h8-11,13H,5-7H2,1-4H3. The average molecular weight is 201 g/mol. The average Bonchev–Trinajstić information content (AvgIpc) is 2.10. The van der Waals surface area contributed by atoms with Crippen molar-refractivity contribution in [3.63, 3.8) is 0 Å². The van der Waals surface area contributed by atoms with Gasteiger partial charge in [-0.15, -0.1) is 0 Å². The van der Waals surface area contributed by atoms with E-state index in [2.05, 4.69) is 51.5 Å². The van der Waals surface area contributed by atoms with Crippen LogP contribution < -0.4 is 0 Å². The van der Waals surface area contributed by atoms with Gasteiger partial charge in [-0.2, -0.15) is 12.6 Å². The predicted octanol–water partition coefficient (Wildman–Crippen LogP) is 3.45. The molecule has 0 N–H and O–H groups in total. The van der Waals surface area contributed by atoms with Crippen LogP contribution >= 0.6 is 12.6 Å². The molecule has 0 aliphatic rings. The molecule has 0 aromatic rings. The fraction of sp³-hybridized carbons (Fsp3) is 0.909. The molecule has 0 saturated heterocycles. The molecule has 2 unspecified atom stereocenters. The molecule has 13 heavy (non-hydrogen) atoms. The second-order valence-corrected chi connectivity index (χ2v) is 4.45. The third kappa shape index (κ3) is 6.14. The van der Waals surface area contributed by atoms with E-state index in [1.807, 2.05) is 0 Å². The van der Waals surface area contributed by atoms with E-state index in [1.165, 1.54) is 6.42 Å². The maximum Gasteiger partial charge on any atom is 0.0529 e. The summed E-state index contributed by atoms with van der Waals surface area (Å²) in [6, 6.07) is 0.477. The van der Waals surface area contributed by atoms with Gasteiger partial charge in [-0.3, -0.25) is 4.99 Å². The highest BCUT2D eigenvalue weighted by Gasteiger charge is 2.12. The Bertz CT molecular complexity index is 143. The van der Waals surface area contributed by atoms with Crippen LogP contribution in [0.2, 0.25) is 0 Å². The van der Waals surface area contributed by atoms with Gasteiger partial charge in [0.1, 0.15) is 0 Å². The minimum atomic E-state index is 0.477. The molecule has 0 bridgehead atoms. The SMILES string of the molecule is CCC(C)C(CCS)N=CC(C)C. The molecule has 0 aromatic carbocycles. The van der Waals surface area contributed by atoms with Crippen LogP contribution in [0.15, 0.2) is 4.99 Å². The molecule has 1 nitrogen and oxygen atoms in total. The summed E-state index contributed by atoms with van der Waals surface area (Å²) in [5.74, 6) is 2.18. The first-order valence-corrected chi connectivity index (χ1v) is 5.89. The molecule has 0 fully saturated rings. The fourth-order valence-corrected chi connectivity index (χ4v) is 1.46. The highest BCUT2D eigenvalue weighted by atomic mass is 32.1. The van der Waals surface area contributed by atoms with E-state index >= 15 is 0 Å². The van der Waals surface area contributed by atoms with Crippen molar-refractivity contribution in [1.82, 2.24) is 0 Å². The highest BCUT2D eigenvalue weighted by molar-refractivity contribution is 7.80. The van der Waals surface area contributed by atoms with E-state index in [0.29, 0.717) is 17.9 Å². The van der Waals surface area contributed by atoms with Crippen LogP contribution in [-0.4, -0.2) is 18.0 Å². The van der Waals surface area contributed by atoms with E-state index in [0.717, 1.165) is 12.2 Å². The van der Waals surface area contributed by atoms with Crippen LogP contribution in [0.1, 0.15) is 40.5 Å². The largest absolute Gasteiger partial charge is 0.294 e. The Morgan fingerprint density at radius 2 is 1.92 bits per heavy atom. The molecule has 0 aliphatic carbocycles.